The highest BCUT2D eigenvalue weighted by Gasteiger charge is 2.45. The maximum Gasteiger partial charge on any atom is 0.107 e. The van der Waals surface area contributed by atoms with Crippen LogP contribution in [0, 0.1) is 0 Å². The fourth-order valence-corrected chi connectivity index (χ4v) is 5.20. The molecule has 0 bridgehead atoms. The van der Waals surface area contributed by atoms with E-state index in [4.69, 9.17) is 4.74 Å². The van der Waals surface area contributed by atoms with Crippen molar-refractivity contribution in [1.29, 1.82) is 0 Å². The number of aromatic nitrogens is 1. The third-order valence-electron chi connectivity index (χ3n) is 5.85. The molecule has 1 aromatic carbocycles. The Morgan fingerprint density at radius 2 is 2.16 bits per heavy atom. The highest BCUT2D eigenvalue weighted by atomic mass is 32.1. The number of nitrogens with zero attached hydrogens (tertiary/aromatic N) is 2. The van der Waals surface area contributed by atoms with Gasteiger partial charge in [-0.2, -0.15) is 0 Å². The fourth-order valence-electron chi connectivity index (χ4n) is 4.55. The van der Waals surface area contributed by atoms with E-state index >= 15 is 0 Å². The van der Waals surface area contributed by atoms with E-state index in [1.165, 1.54) is 42.9 Å². The predicted molar refractivity (Wildman–Crippen MR) is 102 cm³/mol. The van der Waals surface area contributed by atoms with Crippen molar-refractivity contribution in [2.75, 3.05) is 33.4 Å². The Morgan fingerprint density at radius 1 is 1.32 bits per heavy atom. The number of hydrogen-bond donors (Lipinski definition) is 1. The summed E-state index contributed by atoms with van der Waals surface area (Å²) >= 11 is 1.77. The van der Waals surface area contributed by atoms with Gasteiger partial charge in [0.15, 0.2) is 0 Å². The van der Waals surface area contributed by atoms with Crippen LogP contribution in [-0.4, -0.2) is 43.2 Å². The van der Waals surface area contributed by atoms with E-state index in [-0.39, 0.29) is 0 Å². The topological polar surface area (TPSA) is 37.4 Å². The monoisotopic (exact) mass is 357 g/mol. The van der Waals surface area contributed by atoms with Gasteiger partial charge in [-0.05, 0) is 48.9 Å². The molecule has 1 spiro atoms. The molecule has 2 heterocycles. The Kier molecular flexibility index (Phi) is 5.17. The summed E-state index contributed by atoms with van der Waals surface area (Å²) in [6, 6.07) is 9.54. The summed E-state index contributed by atoms with van der Waals surface area (Å²) in [5.74, 6) is 0. The van der Waals surface area contributed by atoms with Crippen LogP contribution >= 0.6 is 11.3 Å². The smallest absolute Gasteiger partial charge is 0.107 e. The first-order valence-electron chi connectivity index (χ1n) is 9.23. The number of likely N-dealkylation sites (tertiary alicyclic amines) is 1. The van der Waals surface area contributed by atoms with Crippen LogP contribution in [0.4, 0.5) is 0 Å². The third-order valence-corrected chi connectivity index (χ3v) is 6.62. The molecule has 0 radical (unpaired) electrons. The Labute approximate surface area is 154 Å². The minimum absolute atomic E-state index is 0.348. The molecule has 4 rings (SSSR count). The third kappa shape index (κ3) is 3.51. The standard InChI is InChI=1S/C20H27N3OS/c1-24-12-8-21-18-14-20(17-5-3-2-4-16(17)18)6-10-23(11-7-20)15-19-22-9-13-25-19/h2-5,9,13,18,21H,6-8,10-12,14-15H2,1H3. The second-order valence-electron chi connectivity index (χ2n) is 7.27. The van der Waals surface area contributed by atoms with Crippen LogP contribution in [0.5, 0.6) is 0 Å². The van der Waals surface area contributed by atoms with Crippen LogP contribution in [0.1, 0.15) is 41.4 Å². The van der Waals surface area contributed by atoms with Crippen molar-refractivity contribution in [1.82, 2.24) is 15.2 Å². The molecule has 0 amide bonds. The maximum atomic E-state index is 5.22. The maximum absolute atomic E-state index is 5.22. The highest BCUT2D eigenvalue weighted by Crippen LogP contribution is 2.50. The number of benzene rings is 1. The van der Waals surface area contributed by atoms with Crippen molar-refractivity contribution < 1.29 is 4.74 Å². The Morgan fingerprint density at radius 3 is 2.92 bits per heavy atom. The molecule has 1 atom stereocenters. The van der Waals surface area contributed by atoms with Crippen LogP contribution in [-0.2, 0) is 16.7 Å². The molecule has 25 heavy (non-hydrogen) atoms. The second-order valence-corrected chi connectivity index (χ2v) is 8.25. The molecule has 2 aliphatic rings. The van der Waals surface area contributed by atoms with Gasteiger partial charge < -0.3 is 10.1 Å². The highest BCUT2D eigenvalue weighted by molar-refractivity contribution is 7.09. The van der Waals surface area contributed by atoms with Crippen molar-refractivity contribution in [2.45, 2.75) is 37.3 Å². The quantitative estimate of drug-likeness (QED) is 0.805. The zero-order chi connectivity index (χ0) is 17.1. The fraction of sp³-hybridized carbons (Fsp3) is 0.550. The summed E-state index contributed by atoms with van der Waals surface area (Å²) in [5.41, 5.74) is 3.44. The largest absolute Gasteiger partial charge is 0.383 e. The van der Waals surface area contributed by atoms with Crippen molar-refractivity contribution >= 4 is 11.3 Å². The molecule has 1 aliphatic heterocycles. The summed E-state index contributed by atoms with van der Waals surface area (Å²) in [4.78, 5) is 7.01. The van der Waals surface area contributed by atoms with Gasteiger partial charge in [0.25, 0.3) is 0 Å². The number of thiazole rings is 1. The minimum atomic E-state index is 0.348. The lowest BCUT2D eigenvalue weighted by Crippen LogP contribution is -2.41. The van der Waals surface area contributed by atoms with Crippen LogP contribution in [0.3, 0.4) is 0 Å². The van der Waals surface area contributed by atoms with Gasteiger partial charge >= 0.3 is 0 Å². The number of fused-ring (bicyclic) bond motifs is 2. The van der Waals surface area contributed by atoms with E-state index in [9.17, 15) is 0 Å². The van der Waals surface area contributed by atoms with Gasteiger partial charge in [-0.3, -0.25) is 4.90 Å². The predicted octanol–water partition coefficient (Wildman–Crippen LogP) is 3.36. The van der Waals surface area contributed by atoms with Gasteiger partial charge in [0.2, 0.25) is 0 Å². The molecule has 2 aromatic rings. The van der Waals surface area contributed by atoms with Gasteiger partial charge in [0.1, 0.15) is 5.01 Å². The van der Waals surface area contributed by atoms with Gasteiger partial charge in [-0.25, -0.2) is 4.98 Å². The number of methoxy groups -OCH3 is 1. The van der Waals surface area contributed by atoms with E-state index in [1.54, 1.807) is 24.0 Å². The number of rotatable bonds is 6. The average molecular weight is 358 g/mol. The summed E-state index contributed by atoms with van der Waals surface area (Å²) in [6.07, 6.45) is 5.63. The number of piperidine rings is 1. The lowest BCUT2D eigenvalue weighted by atomic mass is 9.73. The molecule has 1 unspecified atom stereocenters. The van der Waals surface area contributed by atoms with Gasteiger partial charge in [-0.15, -0.1) is 11.3 Å². The zero-order valence-corrected chi connectivity index (χ0v) is 15.7. The second kappa shape index (κ2) is 7.54. The molecule has 1 aromatic heterocycles. The van der Waals surface area contributed by atoms with Crippen LogP contribution in [0.15, 0.2) is 35.8 Å². The van der Waals surface area contributed by atoms with Gasteiger partial charge in [0.05, 0.1) is 13.2 Å². The van der Waals surface area contributed by atoms with E-state index < -0.39 is 0 Å². The molecule has 5 heteroatoms. The van der Waals surface area contributed by atoms with E-state index in [0.29, 0.717) is 11.5 Å². The minimum Gasteiger partial charge on any atom is -0.383 e. The molecule has 1 N–H and O–H groups in total. The Balaban J connectivity index is 1.45. The SMILES string of the molecule is COCCNC1CC2(CCN(Cc3nccs3)CC2)c2ccccc21. The summed E-state index contributed by atoms with van der Waals surface area (Å²) in [6.45, 7) is 5.03. The van der Waals surface area contributed by atoms with Crippen molar-refractivity contribution in [2.24, 2.45) is 0 Å². The summed E-state index contributed by atoms with van der Waals surface area (Å²) in [5, 5.41) is 7.02. The lowest BCUT2D eigenvalue weighted by molar-refractivity contribution is 0.144. The molecule has 1 aliphatic carbocycles. The van der Waals surface area contributed by atoms with Crippen LogP contribution in [0.2, 0.25) is 0 Å². The zero-order valence-electron chi connectivity index (χ0n) is 14.9. The normalized spacial score (nSPS) is 22.4. The van der Waals surface area contributed by atoms with Crippen LogP contribution in [0.25, 0.3) is 0 Å². The molecule has 4 nitrogen and oxygen atoms in total. The first-order valence-corrected chi connectivity index (χ1v) is 10.1. The molecule has 1 saturated heterocycles. The average Bonchev–Trinajstić information content (AvgIpc) is 3.25. The van der Waals surface area contributed by atoms with Gasteiger partial charge in [0, 0.05) is 31.3 Å². The first-order chi connectivity index (χ1) is 12.3. The summed E-state index contributed by atoms with van der Waals surface area (Å²) in [7, 11) is 1.77. The van der Waals surface area contributed by atoms with E-state index in [0.717, 1.165) is 19.7 Å². The van der Waals surface area contributed by atoms with Gasteiger partial charge in [-0.1, -0.05) is 24.3 Å². The van der Waals surface area contributed by atoms with Crippen LogP contribution < -0.4 is 5.32 Å². The molecule has 0 saturated carbocycles. The Bertz CT molecular complexity index is 680. The summed E-state index contributed by atoms with van der Waals surface area (Å²) < 4.78 is 5.22. The molecule has 1 fully saturated rings. The molecular weight excluding hydrogens is 330 g/mol. The number of hydrogen-bond acceptors (Lipinski definition) is 5. The number of ether oxygens (including phenoxy) is 1. The first kappa shape index (κ1) is 17.2. The van der Waals surface area contributed by atoms with Crippen molar-refractivity contribution in [3.05, 3.63) is 52.0 Å². The van der Waals surface area contributed by atoms with Crippen molar-refractivity contribution in [3.63, 3.8) is 0 Å². The van der Waals surface area contributed by atoms with E-state index in [2.05, 4.69) is 44.8 Å². The molecule has 134 valence electrons. The Hall–Kier alpha value is -1.27. The lowest BCUT2D eigenvalue weighted by Gasteiger charge is -2.40. The number of nitrogens with one attached hydrogen (secondary N) is 1. The van der Waals surface area contributed by atoms with Crippen molar-refractivity contribution in [3.8, 4) is 0 Å². The van der Waals surface area contributed by atoms with E-state index in [1.807, 2.05) is 6.20 Å². The molecular formula is C20H27N3OS.